The summed E-state index contributed by atoms with van der Waals surface area (Å²) < 4.78 is 0. The molecule has 0 amide bonds. The maximum absolute atomic E-state index is 2.39. The van der Waals surface area contributed by atoms with E-state index in [1.165, 1.54) is 76.3 Å². The van der Waals surface area contributed by atoms with Gasteiger partial charge < -0.3 is 0 Å². The fourth-order valence-corrected chi connectivity index (χ4v) is 7.07. The maximum atomic E-state index is 2.39. The summed E-state index contributed by atoms with van der Waals surface area (Å²) in [6, 6.07) is 18.8. The van der Waals surface area contributed by atoms with Gasteiger partial charge in [0.25, 0.3) is 0 Å². The summed E-state index contributed by atoms with van der Waals surface area (Å²) >= 11 is 1.91. The van der Waals surface area contributed by atoms with Gasteiger partial charge in [0.1, 0.15) is 0 Å². The highest BCUT2D eigenvalue weighted by atomic mass is 32.1. The molecule has 0 unspecified atom stereocenters. The van der Waals surface area contributed by atoms with Crippen molar-refractivity contribution in [1.29, 1.82) is 0 Å². The second kappa shape index (κ2) is 13.4. The van der Waals surface area contributed by atoms with E-state index in [0.29, 0.717) is 0 Å². The Morgan fingerprint density at radius 3 is 2.08 bits per heavy atom. The predicted octanol–water partition coefficient (Wildman–Crippen LogP) is 7.22. The number of hydrogen-bond donors (Lipinski definition) is 0. The molecular weight excluding hydrogens is 336 g/mol. The van der Waals surface area contributed by atoms with Crippen LogP contribution in [0.1, 0.15) is 69.6 Å². The summed E-state index contributed by atoms with van der Waals surface area (Å²) in [4.78, 5) is 1.56. The van der Waals surface area contributed by atoms with Gasteiger partial charge in [-0.05, 0) is 24.3 Å². The van der Waals surface area contributed by atoms with E-state index in [-0.39, 0.29) is 8.80 Å². The first kappa shape index (κ1) is 20.4. The molecule has 0 nitrogen and oxygen atoms in total. The Kier molecular flexibility index (Phi) is 10.9. The van der Waals surface area contributed by atoms with Crippen molar-refractivity contribution in [3.63, 3.8) is 0 Å². The lowest BCUT2D eigenvalue weighted by Gasteiger charge is -2.15. The largest absolute Gasteiger partial charge is 0.149 e. The second-order valence-electron chi connectivity index (χ2n) is 7.13. The van der Waals surface area contributed by atoms with E-state index in [4.69, 9.17) is 0 Å². The molecule has 0 aliphatic rings. The number of benzene rings is 1. The van der Waals surface area contributed by atoms with E-state index in [9.17, 15) is 0 Å². The quantitative estimate of drug-likeness (QED) is 0.243. The monoisotopic (exact) mass is 371 g/mol. The molecule has 2 aromatic rings. The van der Waals surface area contributed by atoms with Gasteiger partial charge in [-0.15, -0.1) is 11.3 Å². The molecule has 0 N–H and O–H groups in total. The van der Waals surface area contributed by atoms with Gasteiger partial charge in [0.15, 0.2) is 0 Å². The third-order valence-electron chi connectivity index (χ3n) is 5.00. The summed E-state index contributed by atoms with van der Waals surface area (Å²) in [5.41, 5.74) is 0. The average Bonchev–Trinajstić information content (AvgIpc) is 3.17. The van der Waals surface area contributed by atoms with Crippen LogP contribution in [0, 0.1) is 0 Å². The van der Waals surface area contributed by atoms with E-state index in [1.54, 1.807) is 10.1 Å². The Bertz CT molecular complexity index is 520. The Labute approximate surface area is 161 Å². The highest BCUT2D eigenvalue weighted by molar-refractivity contribution is 7.09. The smallest absolute Gasteiger partial charge is 0.0856 e. The highest BCUT2D eigenvalue weighted by Crippen LogP contribution is 2.16. The molecule has 0 saturated carbocycles. The van der Waals surface area contributed by atoms with Gasteiger partial charge in [0, 0.05) is 4.88 Å². The average molecular weight is 372 g/mol. The topological polar surface area (TPSA) is 0 Å². The first-order valence-electron chi connectivity index (χ1n) is 10.3. The molecule has 0 aliphatic carbocycles. The van der Waals surface area contributed by atoms with Crippen molar-refractivity contribution in [2.24, 2.45) is 0 Å². The molecule has 0 fully saturated rings. The second-order valence-corrected chi connectivity index (χ2v) is 10.9. The van der Waals surface area contributed by atoms with Gasteiger partial charge in [-0.1, -0.05) is 112 Å². The van der Waals surface area contributed by atoms with Crippen LogP contribution in [0.2, 0.25) is 12.1 Å². The Morgan fingerprint density at radius 1 is 0.720 bits per heavy atom. The highest BCUT2D eigenvalue weighted by Gasteiger charge is 2.13. The molecule has 25 heavy (non-hydrogen) atoms. The van der Waals surface area contributed by atoms with Gasteiger partial charge in [-0.25, -0.2) is 0 Å². The lowest BCUT2D eigenvalue weighted by Crippen LogP contribution is -2.29. The zero-order valence-corrected chi connectivity index (χ0v) is 17.8. The minimum absolute atomic E-state index is 0.346. The summed E-state index contributed by atoms with van der Waals surface area (Å²) in [5.74, 6) is 0. The lowest BCUT2D eigenvalue weighted by atomic mass is 10.1. The van der Waals surface area contributed by atoms with Crippen LogP contribution in [0.4, 0.5) is 0 Å². The summed E-state index contributed by atoms with van der Waals surface area (Å²) in [6.45, 7) is 2.30. The summed E-state index contributed by atoms with van der Waals surface area (Å²) in [5, 5.41) is 3.87. The van der Waals surface area contributed by atoms with E-state index in [1.807, 2.05) is 11.3 Å². The van der Waals surface area contributed by atoms with Crippen LogP contribution in [0.15, 0.2) is 47.8 Å². The fourth-order valence-electron chi connectivity index (χ4n) is 3.48. The predicted molar refractivity (Wildman–Crippen MR) is 117 cm³/mol. The van der Waals surface area contributed by atoms with Crippen LogP contribution in [0.5, 0.6) is 0 Å². The molecule has 1 radical (unpaired) electrons. The van der Waals surface area contributed by atoms with Crippen LogP contribution in [-0.2, 0) is 6.42 Å². The third-order valence-corrected chi connectivity index (χ3v) is 9.00. The van der Waals surface area contributed by atoms with Gasteiger partial charge in [-0.2, -0.15) is 0 Å². The van der Waals surface area contributed by atoms with Crippen molar-refractivity contribution < 1.29 is 0 Å². The van der Waals surface area contributed by atoms with Crippen molar-refractivity contribution in [3.8, 4) is 0 Å². The molecule has 1 heterocycles. The van der Waals surface area contributed by atoms with Crippen LogP contribution in [-0.4, -0.2) is 8.80 Å². The van der Waals surface area contributed by atoms with E-state index >= 15 is 0 Å². The van der Waals surface area contributed by atoms with Gasteiger partial charge in [0.2, 0.25) is 0 Å². The van der Waals surface area contributed by atoms with Gasteiger partial charge in [0.05, 0.1) is 8.80 Å². The van der Waals surface area contributed by atoms with E-state index < -0.39 is 0 Å². The van der Waals surface area contributed by atoms with Crippen molar-refractivity contribution >= 4 is 25.3 Å². The number of hydrogen-bond acceptors (Lipinski definition) is 1. The summed E-state index contributed by atoms with van der Waals surface area (Å²) in [7, 11) is -0.346. The minimum Gasteiger partial charge on any atom is -0.149 e. The molecule has 1 aromatic heterocycles. The lowest BCUT2D eigenvalue weighted by molar-refractivity contribution is 0.622. The third kappa shape index (κ3) is 8.87. The van der Waals surface area contributed by atoms with Crippen LogP contribution in [0.3, 0.4) is 0 Å². The first-order chi connectivity index (χ1) is 12.4. The molecule has 0 atom stereocenters. The Balaban J connectivity index is 1.67. The number of rotatable bonds is 14. The molecule has 137 valence electrons. The molecule has 2 rings (SSSR count). The normalized spacial score (nSPS) is 11.3. The molecule has 0 bridgehead atoms. The SMILES string of the molecule is CCCCCCCC[Si](CCCCCc1cccs1)c1ccccc1. The zero-order valence-electron chi connectivity index (χ0n) is 16.0. The fraction of sp³-hybridized carbons (Fsp3) is 0.565. The molecule has 2 heteroatoms. The van der Waals surface area contributed by atoms with Crippen molar-refractivity contribution in [2.75, 3.05) is 0 Å². The number of thiophene rings is 1. The van der Waals surface area contributed by atoms with Crippen LogP contribution < -0.4 is 5.19 Å². The standard InChI is InChI=1S/C23H35SSi/c1-2-3-4-5-6-12-20-25(23-17-10-7-11-18-23)21-13-8-9-15-22-16-14-19-24-22/h7,10-11,14,16-19H,2-6,8-9,12-13,15,20-21H2,1H3. The van der Waals surface area contributed by atoms with Gasteiger partial charge in [-0.3, -0.25) is 0 Å². The Hall–Kier alpha value is -0.863. The maximum Gasteiger partial charge on any atom is 0.0856 e. The molecule has 0 saturated heterocycles. The molecule has 0 spiro atoms. The zero-order chi connectivity index (χ0) is 17.6. The van der Waals surface area contributed by atoms with Gasteiger partial charge >= 0.3 is 0 Å². The van der Waals surface area contributed by atoms with Crippen LogP contribution in [0.25, 0.3) is 0 Å². The van der Waals surface area contributed by atoms with Crippen molar-refractivity contribution in [1.82, 2.24) is 0 Å². The molecule has 0 aliphatic heterocycles. The van der Waals surface area contributed by atoms with E-state index in [0.717, 1.165) is 0 Å². The number of aryl methyl sites for hydroxylation is 1. The van der Waals surface area contributed by atoms with Crippen LogP contribution >= 0.6 is 11.3 Å². The van der Waals surface area contributed by atoms with Crippen molar-refractivity contribution in [2.45, 2.75) is 83.2 Å². The first-order valence-corrected chi connectivity index (χ1v) is 13.1. The molecule has 1 aromatic carbocycles. The van der Waals surface area contributed by atoms with E-state index in [2.05, 4.69) is 54.8 Å². The minimum atomic E-state index is -0.346. The Morgan fingerprint density at radius 2 is 1.40 bits per heavy atom. The van der Waals surface area contributed by atoms with Crippen molar-refractivity contribution in [3.05, 3.63) is 52.7 Å². The summed E-state index contributed by atoms with van der Waals surface area (Å²) in [6.07, 6.45) is 14.0. The number of unbranched alkanes of at least 4 members (excludes halogenated alkanes) is 7. The molecular formula is C23H35SSi.